The summed E-state index contributed by atoms with van der Waals surface area (Å²) < 4.78 is 2.74. The second-order valence-electron chi connectivity index (χ2n) is 3.70. The molecule has 0 amide bonds. The van der Waals surface area contributed by atoms with Crippen molar-refractivity contribution in [2.24, 2.45) is 0 Å². The van der Waals surface area contributed by atoms with Gasteiger partial charge in [0.25, 0.3) is 0 Å². The van der Waals surface area contributed by atoms with Crippen LogP contribution in [0.2, 0.25) is 0 Å². The molecule has 0 spiro atoms. The van der Waals surface area contributed by atoms with Crippen LogP contribution in [0.4, 0.5) is 5.82 Å². The number of benzene rings is 1. The molecule has 0 atom stereocenters. The Kier molecular flexibility index (Phi) is 2.33. The molecule has 0 aliphatic rings. The molecule has 3 aromatic rings. The van der Waals surface area contributed by atoms with E-state index in [1.54, 1.807) is 16.8 Å². The van der Waals surface area contributed by atoms with Crippen LogP contribution in [0.25, 0.3) is 16.9 Å². The summed E-state index contributed by atoms with van der Waals surface area (Å²) in [4.78, 5) is 4.21. The van der Waals surface area contributed by atoms with Crippen LogP contribution in [0.3, 0.4) is 0 Å². The second-order valence-corrected chi connectivity index (χ2v) is 4.61. The van der Waals surface area contributed by atoms with Gasteiger partial charge in [-0.15, -0.1) is 0 Å². The maximum atomic E-state index is 5.64. The van der Waals surface area contributed by atoms with Gasteiger partial charge in [-0.2, -0.15) is 5.10 Å². The van der Waals surface area contributed by atoms with E-state index in [9.17, 15) is 0 Å². The number of hydrogen-bond donors (Lipinski definition) is 1. The predicted molar refractivity (Wildman–Crippen MR) is 70.5 cm³/mol. The van der Waals surface area contributed by atoms with Gasteiger partial charge in [0.1, 0.15) is 5.82 Å². The van der Waals surface area contributed by atoms with E-state index in [0.29, 0.717) is 5.82 Å². The van der Waals surface area contributed by atoms with E-state index in [2.05, 4.69) is 26.0 Å². The Morgan fingerprint density at radius 1 is 1.18 bits per heavy atom. The van der Waals surface area contributed by atoms with Gasteiger partial charge in [-0.1, -0.05) is 28.1 Å². The van der Waals surface area contributed by atoms with Crippen molar-refractivity contribution in [1.29, 1.82) is 0 Å². The number of nitrogens with two attached hydrogens (primary N) is 1. The first-order valence-electron chi connectivity index (χ1n) is 5.10. The molecule has 84 valence electrons. The standard InChI is InChI=1S/C12H9BrN4/c13-9-3-1-2-8(6-9)10-7-12-15-11(14)4-5-17(12)16-10/h1-7H,(H2,14,15). The molecule has 5 heteroatoms. The highest BCUT2D eigenvalue weighted by Crippen LogP contribution is 2.22. The zero-order chi connectivity index (χ0) is 11.8. The van der Waals surface area contributed by atoms with E-state index in [0.717, 1.165) is 21.4 Å². The summed E-state index contributed by atoms with van der Waals surface area (Å²) in [6, 6.07) is 11.6. The third-order valence-corrected chi connectivity index (χ3v) is 2.96. The molecule has 2 heterocycles. The molecule has 0 unspecified atom stereocenters. The third kappa shape index (κ3) is 1.89. The van der Waals surface area contributed by atoms with Crippen LogP contribution >= 0.6 is 15.9 Å². The summed E-state index contributed by atoms with van der Waals surface area (Å²) in [5, 5.41) is 4.44. The molecule has 2 N–H and O–H groups in total. The van der Waals surface area contributed by atoms with Crippen molar-refractivity contribution >= 4 is 27.4 Å². The van der Waals surface area contributed by atoms with E-state index in [1.807, 2.05) is 30.3 Å². The Bertz CT molecular complexity index is 690. The smallest absolute Gasteiger partial charge is 0.157 e. The van der Waals surface area contributed by atoms with Gasteiger partial charge in [0.2, 0.25) is 0 Å². The molecule has 0 aliphatic heterocycles. The Balaban J connectivity index is 2.18. The van der Waals surface area contributed by atoms with Crippen LogP contribution in [0, 0.1) is 0 Å². The number of aromatic nitrogens is 3. The third-order valence-electron chi connectivity index (χ3n) is 2.47. The van der Waals surface area contributed by atoms with Crippen LogP contribution in [0.5, 0.6) is 0 Å². The number of hydrogen-bond acceptors (Lipinski definition) is 3. The SMILES string of the molecule is Nc1ccn2nc(-c3cccc(Br)c3)cc2n1. The lowest BCUT2D eigenvalue weighted by atomic mass is 10.2. The number of nitrogen functional groups attached to an aromatic ring is 1. The molecule has 17 heavy (non-hydrogen) atoms. The number of nitrogens with zero attached hydrogens (tertiary/aromatic N) is 3. The largest absolute Gasteiger partial charge is 0.384 e. The van der Waals surface area contributed by atoms with Gasteiger partial charge >= 0.3 is 0 Å². The molecule has 4 nitrogen and oxygen atoms in total. The van der Waals surface area contributed by atoms with Crippen LogP contribution < -0.4 is 5.73 Å². The van der Waals surface area contributed by atoms with E-state index in [4.69, 9.17) is 5.73 Å². The van der Waals surface area contributed by atoms with Crippen LogP contribution in [-0.2, 0) is 0 Å². The maximum absolute atomic E-state index is 5.64. The maximum Gasteiger partial charge on any atom is 0.157 e. The first kappa shape index (κ1) is 10.3. The highest BCUT2D eigenvalue weighted by atomic mass is 79.9. The van der Waals surface area contributed by atoms with E-state index in [1.165, 1.54) is 0 Å². The molecule has 3 rings (SSSR count). The first-order chi connectivity index (χ1) is 8.22. The topological polar surface area (TPSA) is 56.2 Å². The van der Waals surface area contributed by atoms with E-state index < -0.39 is 0 Å². The average molecular weight is 289 g/mol. The zero-order valence-corrected chi connectivity index (χ0v) is 10.4. The molecule has 0 radical (unpaired) electrons. The van der Waals surface area contributed by atoms with Crippen LogP contribution in [-0.4, -0.2) is 14.6 Å². The van der Waals surface area contributed by atoms with Gasteiger partial charge in [0.05, 0.1) is 5.69 Å². The fourth-order valence-electron chi connectivity index (χ4n) is 1.68. The second kappa shape index (κ2) is 3.85. The van der Waals surface area contributed by atoms with Gasteiger partial charge in [0.15, 0.2) is 5.65 Å². The van der Waals surface area contributed by atoms with Crippen molar-refractivity contribution in [1.82, 2.24) is 14.6 Å². The highest BCUT2D eigenvalue weighted by Gasteiger charge is 2.05. The Morgan fingerprint density at radius 3 is 2.88 bits per heavy atom. The molecule has 0 fully saturated rings. The quantitative estimate of drug-likeness (QED) is 0.749. The van der Waals surface area contributed by atoms with Crippen molar-refractivity contribution in [3.05, 3.63) is 47.1 Å². The van der Waals surface area contributed by atoms with Gasteiger partial charge in [-0.05, 0) is 18.2 Å². The molecule has 1 aromatic carbocycles. The summed E-state index contributed by atoms with van der Waals surface area (Å²) >= 11 is 3.44. The lowest BCUT2D eigenvalue weighted by Gasteiger charge is -1.95. The average Bonchev–Trinajstić information content (AvgIpc) is 2.72. The molecule has 0 saturated heterocycles. The minimum atomic E-state index is 0.498. The molecular formula is C12H9BrN4. The fraction of sp³-hybridized carbons (Fsp3) is 0. The lowest BCUT2D eigenvalue weighted by molar-refractivity contribution is 0.945. The van der Waals surface area contributed by atoms with E-state index >= 15 is 0 Å². The molecule has 2 aromatic heterocycles. The minimum Gasteiger partial charge on any atom is -0.384 e. The van der Waals surface area contributed by atoms with Crippen LogP contribution in [0.1, 0.15) is 0 Å². The first-order valence-corrected chi connectivity index (χ1v) is 5.89. The fourth-order valence-corrected chi connectivity index (χ4v) is 2.08. The lowest BCUT2D eigenvalue weighted by Crippen LogP contribution is -1.94. The Labute approximate surface area is 106 Å². The summed E-state index contributed by atoms with van der Waals surface area (Å²) in [5.41, 5.74) is 8.31. The molecule has 0 bridgehead atoms. The summed E-state index contributed by atoms with van der Waals surface area (Å²) in [7, 11) is 0. The van der Waals surface area contributed by atoms with Gasteiger partial charge in [0, 0.05) is 22.3 Å². The van der Waals surface area contributed by atoms with Crippen molar-refractivity contribution in [2.45, 2.75) is 0 Å². The summed E-state index contributed by atoms with van der Waals surface area (Å²) in [5.74, 6) is 0.498. The molecular weight excluding hydrogens is 280 g/mol. The number of halogens is 1. The summed E-state index contributed by atoms with van der Waals surface area (Å²) in [6.07, 6.45) is 1.80. The van der Waals surface area contributed by atoms with Crippen molar-refractivity contribution in [3.63, 3.8) is 0 Å². The number of fused-ring (bicyclic) bond motifs is 1. The Morgan fingerprint density at radius 2 is 2.06 bits per heavy atom. The molecule has 0 aliphatic carbocycles. The van der Waals surface area contributed by atoms with Gasteiger partial charge in [-0.25, -0.2) is 9.50 Å². The zero-order valence-electron chi connectivity index (χ0n) is 8.84. The van der Waals surface area contributed by atoms with Crippen molar-refractivity contribution in [3.8, 4) is 11.3 Å². The summed E-state index contributed by atoms with van der Waals surface area (Å²) in [6.45, 7) is 0. The van der Waals surface area contributed by atoms with E-state index in [-0.39, 0.29) is 0 Å². The molecule has 0 saturated carbocycles. The normalized spacial score (nSPS) is 10.9. The van der Waals surface area contributed by atoms with Gasteiger partial charge in [-0.3, -0.25) is 0 Å². The predicted octanol–water partition coefficient (Wildman–Crippen LogP) is 2.74. The number of anilines is 1. The number of rotatable bonds is 1. The van der Waals surface area contributed by atoms with Crippen molar-refractivity contribution in [2.75, 3.05) is 5.73 Å². The van der Waals surface area contributed by atoms with Crippen LogP contribution in [0.15, 0.2) is 47.1 Å². The highest BCUT2D eigenvalue weighted by molar-refractivity contribution is 9.10. The van der Waals surface area contributed by atoms with Gasteiger partial charge < -0.3 is 5.73 Å². The van der Waals surface area contributed by atoms with Crippen molar-refractivity contribution < 1.29 is 0 Å². The monoisotopic (exact) mass is 288 g/mol. The Hall–Kier alpha value is -1.88. The minimum absolute atomic E-state index is 0.498.